The molecule has 0 N–H and O–H groups in total. The van der Waals surface area contributed by atoms with Crippen molar-refractivity contribution in [2.45, 2.75) is 24.7 Å². The van der Waals surface area contributed by atoms with Crippen molar-refractivity contribution >= 4 is 38.6 Å². The molecule has 0 amide bonds. The first-order valence-corrected chi connectivity index (χ1v) is 21.5. The molecule has 0 aromatic heterocycles. The molecule has 1 heteroatoms. The van der Waals surface area contributed by atoms with Gasteiger partial charge in [0.25, 0.3) is 0 Å². The number of anilines is 3. The Morgan fingerprint density at radius 1 is 0.344 bits per heavy atom. The van der Waals surface area contributed by atoms with Crippen molar-refractivity contribution in [3.8, 4) is 44.5 Å². The normalized spacial score (nSPS) is 15.9. The van der Waals surface area contributed by atoms with Crippen LogP contribution < -0.4 is 4.90 Å². The maximum Gasteiger partial charge on any atom is 0.0732 e. The summed E-state index contributed by atoms with van der Waals surface area (Å²) in [6.45, 7) is 4.80. The zero-order valence-electron chi connectivity index (χ0n) is 34.2. The van der Waals surface area contributed by atoms with Crippen molar-refractivity contribution in [1.29, 1.82) is 0 Å². The van der Waals surface area contributed by atoms with Crippen molar-refractivity contribution in [3.05, 3.63) is 246 Å². The lowest BCUT2D eigenvalue weighted by Gasteiger charge is -2.42. The zero-order chi connectivity index (χ0) is 40.5. The number of benzene rings is 10. The van der Waals surface area contributed by atoms with Gasteiger partial charge in [-0.1, -0.05) is 202 Å². The van der Waals surface area contributed by atoms with Crippen LogP contribution in [0.5, 0.6) is 0 Å². The van der Waals surface area contributed by atoms with E-state index in [9.17, 15) is 0 Å². The van der Waals surface area contributed by atoms with E-state index in [0.717, 1.165) is 5.69 Å². The molecule has 0 bridgehead atoms. The van der Waals surface area contributed by atoms with E-state index in [1.807, 2.05) is 0 Å². The maximum absolute atomic E-state index is 2.58. The van der Waals surface area contributed by atoms with Gasteiger partial charge < -0.3 is 4.90 Å². The Morgan fingerprint density at radius 2 is 0.885 bits per heavy atom. The predicted molar refractivity (Wildman–Crippen MR) is 255 cm³/mol. The van der Waals surface area contributed by atoms with Crippen molar-refractivity contribution in [2.24, 2.45) is 0 Å². The van der Waals surface area contributed by atoms with Gasteiger partial charge in [-0.2, -0.15) is 0 Å². The molecule has 10 aromatic carbocycles. The van der Waals surface area contributed by atoms with Crippen molar-refractivity contribution in [2.75, 3.05) is 4.90 Å². The minimum Gasteiger partial charge on any atom is -0.310 e. The van der Waals surface area contributed by atoms with E-state index in [-0.39, 0.29) is 5.41 Å². The summed E-state index contributed by atoms with van der Waals surface area (Å²) in [6, 6.07) is 80.0. The summed E-state index contributed by atoms with van der Waals surface area (Å²) < 4.78 is 0. The highest BCUT2D eigenvalue weighted by Crippen LogP contribution is 2.64. The van der Waals surface area contributed by atoms with Gasteiger partial charge in [-0.05, 0) is 118 Å². The van der Waals surface area contributed by atoms with Crippen LogP contribution in [0.25, 0.3) is 66.1 Å². The van der Waals surface area contributed by atoms with E-state index in [2.05, 4.69) is 231 Å². The second kappa shape index (κ2) is 12.5. The molecule has 0 saturated carbocycles. The zero-order valence-corrected chi connectivity index (χ0v) is 34.2. The topological polar surface area (TPSA) is 3.24 Å². The second-order valence-electron chi connectivity index (χ2n) is 17.5. The van der Waals surface area contributed by atoms with Gasteiger partial charge in [-0.3, -0.25) is 0 Å². The quantitative estimate of drug-likeness (QED) is 0.172. The van der Waals surface area contributed by atoms with Crippen LogP contribution in [0.3, 0.4) is 0 Å². The lowest BCUT2D eigenvalue weighted by Crippen LogP contribution is -2.32. The Balaban J connectivity index is 1.17. The van der Waals surface area contributed by atoms with Crippen molar-refractivity contribution in [1.82, 2.24) is 0 Å². The van der Waals surface area contributed by atoms with E-state index in [4.69, 9.17) is 0 Å². The molecule has 3 aliphatic rings. The van der Waals surface area contributed by atoms with Gasteiger partial charge >= 0.3 is 0 Å². The van der Waals surface area contributed by atoms with Crippen LogP contribution in [0.4, 0.5) is 17.1 Å². The monoisotopic (exact) mass is 775 g/mol. The first-order chi connectivity index (χ1) is 30.0. The molecule has 1 nitrogen and oxygen atoms in total. The molecule has 0 radical (unpaired) electrons. The molecule has 1 atom stereocenters. The predicted octanol–water partition coefficient (Wildman–Crippen LogP) is 15.8. The Bertz CT molecular complexity index is 3460. The molecule has 10 aromatic rings. The lowest BCUT2D eigenvalue weighted by atomic mass is 9.60. The highest BCUT2D eigenvalue weighted by Gasteiger charge is 2.51. The van der Waals surface area contributed by atoms with Crippen LogP contribution in [0, 0.1) is 0 Å². The minimum absolute atomic E-state index is 0.216. The Morgan fingerprint density at radius 3 is 1.69 bits per heavy atom. The Kier molecular flexibility index (Phi) is 7.06. The molecule has 1 spiro atoms. The molecule has 3 aliphatic carbocycles. The first-order valence-electron chi connectivity index (χ1n) is 21.5. The van der Waals surface area contributed by atoms with Crippen LogP contribution >= 0.6 is 0 Å². The third-order valence-corrected chi connectivity index (χ3v) is 14.2. The standard InChI is InChI=1S/C60H41N/c1-59(2)50-28-11-8-25-46(50)49-27-16-32-55(57(49)59)61(54-31-15-20-38-19-6-7-22-42(38)54)41-34-36-47-44-23-9-12-29-51(44)60(53(47)37-41)52-30-13-10-24-45(52)48-26-14-21-40-33-35-43(58(60)56(40)48)39-17-4-3-5-18-39/h3-37H,1-2H3. The van der Waals surface area contributed by atoms with Gasteiger partial charge in [-0.15, -0.1) is 0 Å². The summed E-state index contributed by atoms with van der Waals surface area (Å²) in [6.07, 6.45) is 0. The number of rotatable bonds is 4. The van der Waals surface area contributed by atoms with Crippen LogP contribution in [0.2, 0.25) is 0 Å². The Hall–Kier alpha value is -7.48. The summed E-state index contributed by atoms with van der Waals surface area (Å²) in [5, 5.41) is 5.05. The van der Waals surface area contributed by atoms with Gasteiger partial charge in [0.2, 0.25) is 0 Å². The van der Waals surface area contributed by atoms with Gasteiger partial charge in [0, 0.05) is 16.5 Å². The summed E-state index contributed by atoms with van der Waals surface area (Å²) >= 11 is 0. The number of fused-ring (bicyclic) bond motifs is 13. The fourth-order valence-corrected chi connectivity index (χ4v) is 11.8. The SMILES string of the molecule is CC1(C)c2ccccc2-c2cccc(N(c3ccc4c(c3)C3(c5ccccc5-4)c4ccccc4-c4cccc5ccc(-c6ccccc6)c3c45)c3cccc4ccccc34)c21. The molecule has 61 heavy (non-hydrogen) atoms. The third-order valence-electron chi connectivity index (χ3n) is 14.2. The van der Waals surface area contributed by atoms with E-state index in [1.54, 1.807) is 0 Å². The van der Waals surface area contributed by atoms with Gasteiger partial charge in [0.05, 0.1) is 16.8 Å². The Labute approximate surface area is 356 Å². The molecule has 0 aliphatic heterocycles. The number of hydrogen-bond acceptors (Lipinski definition) is 1. The first kappa shape index (κ1) is 34.4. The van der Waals surface area contributed by atoms with Gasteiger partial charge in [-0.25, -0.2) is 0 Å². The molecule has 0 fully saturated rings. The number of nitrogens with zero attached hydrogens (tertiary/aromatic N) is 1. The van der Waals surface area contributed by atoms with Gasteiger partial charge in [0.1, 0.15) is 0 Å². The molecule has 286 valence electrons. The molecule has 0 heterocycles. The van der Waals surface area contributed by atoms with Crippen LogP contribution in [-0.4, -0.2) is 0 Å². The van der Waals surface area contributed by atoms with Crippen LogP contribution in [0.1, 0.15) is 47.2 Å². The van der Waals surface area contributed by atoms with E-state index in [1.165, 1.54) is 111 Å². The summed E-state index contributed by atoms with van der Waals surface area (Å²) in [4.78, 5) is 2.58. The molecule has 1 unspecified atom stereocenters. The fourth-order valence-electron chi connectivity index (χ4n) is 11.8. The maximum atomic E-state index is 2.58. The average Bonchev–Trinajstić information content (AvgIpc) is 3.74. The summed E-state index contributed by atoms with van der Waals surface area (Å²) in [7, 11) is 0. The summed E-state index contributed by atoms with van der Waals surface area (Å²) in [5.41, 5.74) is 21.1. The summed E-state index contributed by atoms with van der Waals surface area (Å²) in [5.74, 6) is 0. The molecular formula is C60H41N. The average molecular weight is 776 g/mol. The van der Waals surface area contributed by atoms with Crippen LogP contribution in [-0.2, 0) is 10.8 Å². The number of hydrogen-bond donors (Lipinski definition) is 0. The third kappa shape index (κ3) is 4.50. The van der Waals surface area contributed by atoms with Crippen molar-refractivity contribution in [3.63, 3.8) is 0 Å². The molecular weight excluding hydrogens is 735 g/mol. The largest absolute Gasteiger partial charge is 0.310 e. The smallest absolute Gasteiger partial charge is 0.0732 e. The molecule has 13 rings (SSSR count). The highest BCUT2D eigenvalue weighted by atomic mass is 15.1. The second-order valence-corrected chi connectivity index (χ2v) is 17.5. The fraction of sp³-hybridized carbons (Fsp3) is 0.0667. The van der Waals surface area contributed by atoms with Gasteiger partial charge in [0.15, 0.2) is 0 Å². The highest BCUT2D eigenvalue weighted by molar-refractivity contribution is 6.10. The minimum atomic E-state index is -0.601. The van der Waals surface area contributed by atoms with Crippen molar-refractivity contribution < 1.29 is 0 Å². The lowest BCUT2D eigenvalue weighted by molar-refractivity contribution is 0.661. The van der Waals surface area contributed by atoms with E-state index >= 15 is 0 Å². The van der Waals surface area contributed by atoms with E-state index < -0.39 is 5.41 Å². The molecule has 0 saturated heterocycles. The van der Waals surface area contributed by atoms with E-state index in [0.29, 0.717) is 0 Å². The van der Waals surface area contributed by atoms with Crippen LogP contribution in [0.15, 0.2) is 212 Å².